The zero-order chi connectivity index (χ0) is 16.8. The van der Waals surface area contributed by atoms with E-state index in [0.717, 1.165) is 38.8 Å². The molecule has 2 aromatic carbocycles. The Hall–Kier alpha value is -3.12. The van der Waals surface area contributed by atoms with Gasteiger partial charge in [0.15, 0.2) is 6.20 Å². The van der Waals surface area contributed by atoms with Gasteiger partial charge in [-0.3, -0.25) is 0 Å². The third-order valence-electron chi connectivity index (χ3n) is 4.58. The lowest BCUT2D eigenvalue weighted by atomic mass is 9.94. The number of aromatic nitrogens is 1. The van der Waals surface area contributed by atoms with Gasteiger partial charge in [-0.15, -0.1) is 0 Å². The van der Waals surface area contributed by atoms with Crippen LogP contribution in [0, 0.1) is 25.2 Å². The van der Waals surface area contributed by atoms with Crippen LogP contribution in [0.5, 0.6) is 0 Å². The summed E-state index contributed by atoms with van der Waals surface area (Å²) in [5.74, 6) is 0. The van der Waals surface area contributed by atoms with Gasteiger partial charge in [0, 0.05) is 22.9 Å². The van der Waals surface area contributed by atoms with E-state index in [9.17, 15) is 5.26 Å². The molecule has 0 saturated carbocycles. The van der Waals surface area contributed by atoms with Crippen LogP contribution < -0.4 is 4.57 Å². The number of pyridine rings is 1. The van der Waals surface area contributed by atoms with Crippen molar-refractivity contribution < 1.29 is 8.98 Å². The van der Waals surface area contributed by atoms with E-state index in [4.69, 9.17) is 4.42 Å². The van der Waals surface area contributed by atoms with Crippen LogP contribution >= 0.6 is 0 Å². The van der Waals surface area contributed by atoms with E-state index in [1.54, 1.807) is 0 Å². The molecule has 0 N–H and O–H groups in total. The maximum atomic E-state index is 9.57. The molecule has 3 nitrogen and oxygen atoms in total. The minimum atomic E-state index is 0.649. The molecule has 0 spiro atoms. The Kier molecular flexibility index (Phi) is 3.14. The Labute approximate surface area is 140 Å². The number of benzene rings is 2. The number of furan rings is 1. The largest absolute Gasteiger partial charge is 0.456 e. The van der Waals surface area contributed by atoms with E-state index in [1.807, 2.05) is 43.6 Å². The van der Waals surface area contributed by atoms with E-state index in [2.05, 4.69) is 36.6 Å². The first-order valence-corrected chi connectivity index (χ1v) is 7.92. The van der Waals surface area contributed by atoms with E-state index in [1.165, 1.54) is 5.56 Å². The van der Waals surface area contributed by atoms with Crippen molar-refractivity contribution in [1.82, 2.24) is 0 Å². The monoisotopic (exact) mass is 313 g/mol. The molecular weight excluding hydrogens is 296 g/mol. The van der Waals surface area contributed by atoms with Crippen LogP contribution in [0.1, 0.15) is 16.7 Å². The predicted octanol–water partition coefficient (Wildman–Crippen LogP) is 4.57. The Morgan fingerprint density at radius 2 is 1.83 bits per heavy atom. The second-order valence-corrected chi connectivity index (χ2v) is 6.18. The molecule has 0 aliphatic heterocycles. The highest BCUT2D eigenvalue weighted by Gasteiger charge is 2.22. The van der Waals surface area contributed by atoms with Gasteiger partial charge in [0.05, 0.1) is 17.2 Å². The zero-order valence-corrected chi connectivity index (χ0v) is 13.9. The van der Waals surface area contributed by atoms with Gasteiger partial charge in [-0.25, -0.2) is 4.57 Å². The summed E-state index contributed by atoms with van der Waals surface area (Å²) in [6.45, 7) is 4.17. The lowest BCUT2D eigenvalue weighted by Crippen LogP contribution is -2.30. The van der Waals surface area contributed by atoms with Crippen molar-refractivity contribution in [2.24, 2.45) is 7.05 Å². The number of hydrogen-bond acceptors (Lipinski definition) is 2. The lowest BCUT2D eigenvalue weighted by Gasteiger charge is -2.08. The smallest absolute Gasteiger partial charge is 0.213 e. The van der Waals surface area contributed by atoms with Gasteiger partial charge >= 0.3 is 0 Å². The summed E-state index contributed by atoms with van der Waals surface area (Å²) in [6, 6.07) is 16.3. The normalized spacial score (nSPS) is 11.1. The van der Waals surface area contributed by atoms with Gasteiger partial charge in [0.2, 0.25) is 5.69 Å². The second kappa shape index (κ2) is 5.21. The van der Waals surface area contributed by atoms with Crippen LogP contribution in [0.4, 0.5) is 0 Å². The number of rotatable bonds is 1. The van der Waals surface area contributed by atoms with Crippen molar-refractivity contribution >= 4 is 21.9 Å². The summed E-state index contributed by atoms with van der Waals surface area (Å²) in [7, 11) is 2.04. The molecule has 0 amide bonds. The maximum absolute atomic E-state index is 9.57. The number of nitrogens with zero attached hydrogens (tertiary/aromatic N) is 2. The van der Waals surface area contributed by atoms with E-state index in [-0.39, 0.29) is 0 Å². The zero-order valence-electron chi connectivity index (χ0n) is 13.9. The summed E-state index contributed by atoms with van der Waals surface area (Å²) >= 11 is 0. The van der Waals surface area contributed by atoms with E-state index >= 15 is 0 Å². The summed E-state index contributed by atoms with van der Waals surface area (Å²) in [5.41, 5.74) is 6.77. The van der Waals surface area contributed by atoms with Crippen molar-refractivity contribution in [2.75, 3.05) is 0 Å². The van der Waals surface area contributed by atoms with Crippen molar-refractivity contribution in [3.8, 4) is 17.3 Å². The average Bonchev–Trinajstić information content (AvgIpc) is 2.96. The molecule has 0 unspecified atom stereocenters. The van der Waals surface area contributed by atoms with Crippen LogP contribution in [0.2, 0.25) is 0 Å². The lowest BCUT2D eigenvalue weighted by molar-refractivity contribution is -0.660. The Balaban J connectivity index is 2.30. The first-order chi connectivity index (χ1) is 11.6. The highest BCUT2D eigenvalue weighted by molar-refractivity contribution is 6.15. The number of fused-ring (bicyclic) bond motifs is 3. The molecule has 24 heavy (non-hydrogen) atoms. The van der Waals surface area contributed by atoms with Gasteiger partial charge in [-0.05, 0) is 43.2 Å². The number of hydrogen-bond donors (Lipinski definition) is 0. The highest BCUT2D eigenvalue weighted by Crippen LogP contribution is 2.40. The minimum Gasteiger partial charge on any atom is -0.456 e. The molecule has 0 radical (unpaired) electrons. The molecule has 2 aromatic heterocycles. The third-order valence-corrected chi connectivity index (χ3v) is 4.58. The second-order valence-electron chi connectivity index (χ2n) is 6.18. The summed E-state index contributed by atoms with van der Waals surface area (Å²) in [6.07, 6.45) is 2.04. The summed E-state index contributed by atoms with van der Waals surface area (Å²) in [4.78, 5) is 0. The van der Waals surface area contributed by atoms with Gasteiger partial charge in [-0.1, -0.05) is 12.1 Å². The maximum Gasteiger partial charge on any atom is 0.213 e. The van der Waals surface area contributed by atoms with Crippen LogP contribution in [-0.2, 0) is 7.05 Å². The van der Waals surface area contributed by atoms with Crippen molar-refractivity contribution in [2.45, 2.75) is 13.8 Å². The molecule has 0 saturated heterocycles. The SMILES string of the molecule is Cc1cc(C)c2oc3cccc(C#N)c3c2c1-c1cccc[n+]1C. The Morgan fingerprint density at radius 3 is 2.58 bits per heavy atom. The standard InChI is InChI=1S/C21H17N2O/c1-13-11-14(2)21-20(18(13)16-8-4-5-10-23(16)3)19-15(12-22)7-6-9-17(19)24-21/h4-11H,1-3H3/q+1. The van der Waals surface area contributed by atoms with Crippen molar-refractivity contribution in [1.29, 1.82) is 5.26 Å². The van der Waals surface area contributed by atoms with Gasteiger partial charge in [-0.2, -0.15) is 5.26 Å². The van der Waals surface area contributed by atoms with Crippen LogP contribution in [0.25, 0.3) is 33.2 Å². The fraction of sp³-hybridized carbons (Fsp3) is 0.143. The molecule has 0 bridgehead atoms. The first kappa shape index (κ1) is 14.5. The van der Waals surface area contributed by atoms with Crippen molar-refractivity contribution in [3.63, 3.8) is 0 Å². The van der Waals surface area contributed by atoms with Crippen LogP contribution in [-0.4, -0.2) is 0 Å². The molecule has 0 aliphatic rings. The molecular formula is C21H17N2O+. The average molecular weight is 313 g/mol. The quantitative estimate of drug-likeness (QED) is 0.483. The van der Waals surface area contributed by atoms with Gasteiger partial charge < -0.3 is 4.42 Å². The van der Waals surface area contributed by atoms with Crippen molar-refractivity contribution in [3.05, 3.63) is 65.4 Å². The van der Waals surface area contributed by atoms with Gasteiger partial charge in [0.25, 0.3) is 0 Å². The van der Waals surface area contributed by atoms with Crippen LogP contribution in [0.15, 0.2) is 53.1 Å². The molecule has 2 heterocycles. The number of nitriles is 1. The van der Waals surface area contributed by atoms with E-state index < -0.39 is 0 Å². The fourth-order valence-electron chi connectivity index (χ4n) is 3.53. The summed E-state index contributed by atoms with van der Waals surface area (Å²) < 4.78 is 8.22. The summed E-state index contributed by atoms with van der Waals surface area (Å²) in [5, 5.41) is 11.5. The topological polar surface area (TPSA) is 40.8 Å². The Morgan fingerprint density at radius 1 is 1.00 bits per heavy atom. The number of aryl methyl sites for hydroxylation is 3. The molecule has 3 heteroatoms. The molecule has 0 atom stereocenters. The minimum absolute atomic E-state index is 0.649. The Bertz CT molecular complexity index is 1150. The first-order valence-electron chi connectivity index (χ1n) is 7.92. The van der Waals surface area contributed by atoms with Gasteiger partial charge in [0.1, 0.15) is 18.2 Å². The van der Waals surface area contributed by atoms with E-state index in [0.29, 0.717) is 5.56 Å². The van der Waals surface area contributed by atoms with Crippen LogP contribution in [0.3, 0.4) is 0 Å². The molecule has 4 aromatic rings. The molecule has 0 aliphatic carbocycles. The fourth-order valence-corrected chi connectivity index (χ4v) is 3.53. The molecule has 116 valence electrons. The predicted molar refractivity (Wildman–Crippen MR) is 94.5 cm³/mol. The highest BCUT2D eigenvalue weighted by atomic mass is 16.3. The molecule has 0 fully saturated rings. The third kappa shape index (κ3) is 1.93. The molecule has 4 rings (SSSR count).